The zero-order valence-corrected chi connectivity index (χ0v) is 15.8. The summed E-state index contributed by atoms with van der Waals surface area (Å²) in [5, 5.41) is 11.4. The van der Waals surface area contributed by atoms with Crippen molar-refractivity contribution in [1.82, 2.24) is 18.8 Å². The summed E-state index contributed by atoms with van der Waals surface area (Å²) >= 11 is 1.25. The average Bonchev–Trinajstić information content (AvgIpc) is 3.31. The van der Waals surface area contributed by atoms with E-state index in [1.165, 1.54) is 11.3 Å². The van der Waals surface area contributed by atoms with Gasteiger partial charge in [0.15, 0.2) is 0 Å². The summed E-state index contributed by atoms with van der Waals surface area (Å²) in [6.07, 6.45) is 0. The van der Waals surface area contributed by atoms with Gasteiger partial charge in [-0.2, -0.15) is 4.31 Å². The normalized spacial score (nSPS) is 17.1. The zero-order chi connectivity index (χ0) is 18.1. The van der Waals surface area contributed by atoms with Crippen LogP contribution in [0.3, 0.4) is 0 Å². The van der Waals surface area contributed by atoms with E-state index in [4.69, 9.17) is 0 Å². The van der Waals surface area contributed by atoms with Gasteiger partial charge in [-0.3, -0.25) is 4.90 Å². The number of piperazine rings is 1. The minimum absolute atomic E-state index is 0.124. The monoisotopic (exact) mass is 392 g/mol. The van der Waals surface area contributed by atoms with E-state index in [2.05, 4.69) is 9.88 Å². The van der Waals surface area contributed by atoms with Gasteiger partial charge in [0.25, 0.3) is 10.0 Å². The predicted octanol–water partition coefficient (Wildman–Crippen LogP) is 1.55. The Bertz CT molecular complexity index is 990. The lowest BCUT2D eigenvalue weighted by Crippen LogP contribution is -2.48. The molecule has 9 heteroatoms. The van der Waals surface area contributed by atoms with Crippen molar-refractivity contribution in [1.29, 1.82) is 0 Å². The summed E-state index contributed by atoms with van der Waals surface area (Å²) in [4.78, 5) is 6.65. The highest BCUT2D eigenvalue weighted by Gasteiger charge is 2.29. The Kier molecular flexibility index (Phi) is 4.80. The molecule has 3 aromatic rings. The van der Waals surface area contributed by atoms with Crippen molar-refractivity contribution in [3.8, 4) is 0 Å². The van der Waals surface area contributed by atoms with Crippen LogP contribution in [0.15, 0.2) is 46.0 Å². The third-order valence-electron chi connectivity index (χ3n) is 4.64. The van der Waals surface area contributed by atoms with Gasteiger partial charge < -0.3 is 9.67 Å². The van der Waals surface area contributed by atoms with Crippen molar-refractivity contribution >= 4 is 32.4 Å². The van der Waals surface area contributed by atoms with Gasteiger partial charge >= 0.3 is 0 Å². The molecule has 2 aromatic heterocycles. The largest absolute Gasteiger partial charge is 0.388 e. The number of aromatic nitrogens is 2. The molecule has 138 valence electrons. The molecule has 1 aromatic carbocycles. The van der Waals surface area contributed by atoms with E-state index in [9.17, 15) is 13.5 Å². The second-order valence-corrected chi connectivity index (χ2v) is 9.31. The molecular weight excluding hydrogens is 372 g/mol. The van der Waals surface area contributed by atoms with E-state index in [-0.39, 0.29) is 6.61 Å². The minimum atomic E-state index is -3.39. The molecule has 0 radical (unpaired) electrons. The molecule has 0 spiro atoms. The molecule has 1 aliphatic heterocycles. The van der Waals surface area contributed by atoms with Crippen molar-refractivity contribution in [2.45, 2.75) is 17.5 Å². The first-order chi connectivity index (χ1) is 12.6. The highest BCUT2D eigenvalue weighted by atomic mass is 32.2. The molecule has 1 aliphatic rings. The second kappa shape index (κ2) is 7.09. The Morgan fingerprint density at radius 2 is 1.85 bits per heavy atom. The van der Waals surface area contributed by atoms with Crippen LogP contribution < -0.4 is 0 Å². The number of hydrogen-bond donors (Lipinski definition) is 1. The first kappa shape index (κ1) is 17.6. The molecule has 0 bridgehead atoms. The van der Waals surface area contributed by atoms with Gasteiger partial charge in [-0.25, -0.2) is 13.4 Å². The summed E-state index contributed by atoms with van der Waals surface area (Å²) in [5.41, 5.74) is 1.83. The summed E-state index contributed by atoms with van der Waals surface area (Å²) in [7, 11) is -3.39. The fourth-order valence-corrected chi connectivity index (χ4v) is 5.82. The zero-order valence-electron chi connectivity index (χ0n) is 14.2. The first-order valence-electron chi connectivity index (χ1n) is 8.40. The summed E-state index contributed by atoms with van der Waals surface area (Å²) in [6.45, 7) is 2.66. The van der Waals surface area contributed by atoms with E-state index < -0.39 is 10.0 Å². The van der Waals surface area contributed by atoms with Crippen molar-refractivity contribution in [3.05, 3.63) is 47.6 Å². The van der Waals surface area contributed by atoms with Gasteiger partial charge in [0.2, 0.25) is 0 Å². The van der Waals surface area contributed by atoms with Crippen LogP contribution >= 0.6 is 11.3 Å². The lowest BCUT2D eigenvalue weighted by molar-refractivity contribution is 0.148. The molecule has 7 nitrogen and oxygen atoms in total. The van der Waals surface area contributed by atoms with Crippen LogP contribution in [0.2, 0.25) is 0 Å². The quantitative estimate of drug-likeness (QED) is 0.713. The van der Waals surface area contributed by atoms with Crippen LogP contribution in [0.4, 0.5) is 0 Å². The van der Waals surface area contributed by atoms with Crippen LogP contribution in [0.5, 0.6) is 0 Å². The van der Waals surface area contributed by atoms with Crippen LogP contribution in [-0.4, -0.2) is 58.5 Å². The lowest BCUT2D eigenvalue weighted by Gasteiger charge is -2.34. The molecular formula is C17H20N4O3S2. The van der Waals surface area contributed by atoms with Crippen LogP contribution in [0.25, 0.3) is 11.0 Å². The molecule has 0 unspecified atom stereocenters. The van der Waals surface area contributed by atoms with Gasteiger partial charge in [0.1, 0.15) is 16.6 Å². The number of benzene rings is 1. The second-order valence-electron chi connectivity index (χ2n) is 6.20. The van der Waals surface area contributed by atoms with Gasteiger partial charge in [-0.05, 0) is 23.6 Å². The van der Waals surface area contributed by atoms with E-state index in [1.807, 2.05) is 28.8 Å². The number of thiophene rings is 1. The van der Waals surface area contributed by atoms with E-state index >= 15 is 0 Å². The van der Waals surface area contributed by atoms with E-state index in [1.54, 1.807) is 21.8 Å². The van der Waals surface area contributed by atoms with Crippen LogP contribution in [0.1, 0.15) is 5.82 Å². The third-order valence-corrected chi connectivity index (χ3v) is 7.91. The van der Waals surface area contributed by atoms with Crippen molar-refractivity contribution in [3.63, 3.8) is 0 Å². The summed E-state index contributed by atoms with van der Waals surface area (Å²) < 4.78 is 29.2. The Balaban J connectivity index is 1.48. The first-order valence-corrected chi connectivity index (χ1v) is 10.7. The Morgan fingerprint density at radius 1 is 1.08 bits per heavy atom. The molecule has 0 amide bonds. The highest BCUT2D eigenvalue weighted by molar-refractivity contribution is 7.91. The van der Waals surface area contributed by atoms with Crippen LogP contribution in [0, 0.1) is 0 Å². The van der Waals surface area contributed by atoms with Gasteiger partial charge in [0.05, 0.1) is 17.7 Å². The Morgan fingerprint density at radius 3 is 2.54 bits per heavy atom. The number of fused-ring (bicyclic) bond motifs is 1. The van der Waals surface area contributed by atoms with Gasteiger partial charge in [0, 0.05) is 26.2 Å². The fourth-order valence-electron chi connectivity index (χ4n) is 3.25. The third kappa shape index (κ3) is 3.17. The number of nitrogens with zero attached hydrogens (tertiary/aromatic N) is 4. The lowest BCUT2D eigenvalue weighted by atomic mass is 10.3. The number of hydrogen-bond acceptors (Lipinski definition) is 6. The number of aliphatic hydroxyl groups is 1. The van der Waals surface area contributed by atoms with E-state index in [0.29, 0.717) is 42.9 Å². The molecule has 3 heterocycles. The molecule has 26 heavy (non-hydrogen) atoms. The molecule has 0 atom stereocenters. The maximum Gasteiger partial charge on any atom is 0.252 e. The molecule has 1 saturated heterocycles. The van der Waals surface area contributed by atoms with Gasteiger partial charge in [-0.1, -0.05) is 18.2 Å². The minimum Gasteiger partial charge on any atom is -0.388 e. The number of rotatable bonds is 5. The Labute approximate surface area is 156 Å². The topological polar surface area (TPSA) is 78.7 Å². The number of aliphatic hydroxyl groups excluding tert-OH is 1. The Hall–Kier alpha value is -1.78. The molecule has 4 rings (SSSR count). The van der Waals surface area contributed by atoms with Gasteiger partial charge in [-0.15, -0.1) is 11.3 Å². The van der Waals surface area contributed by atoms with Crippen molar-refractivity contribution in [2.75, 3.05) is 26.2 Å². The molecule has 1 fully saturated rings. The predicted molar refractivity (Wildman–Crippen MR) is 100 cm³/mol. The molecule has 0 saturated carbocycles. The highest BCUT2D eigenvalue weighted by Crippen LogP contribution is 2.23. The molecule has 1 N–H and O–H groups in total. The maximum absolute atomic E-state index is 12.6. The summed E-state index contributed by atoms with van der Waals surface area (Å²) in [5.74, 6) is 0.625. The summed E-state index contributed by atoms with van der Waals surface area (Å²) in [6, 6.07) is 11.2. The smallest absolute Gasteiger partial charge is 0.252 e. The SMILES string of the molecule is O=S(=O)(c1cccs1)N1CCN(Cn2c(CO)nc3ccccc32)CC1. The average molecular weight is 393 g/mol. The van der Waals surface area contributed by atoms with Crippen LogP contribution in [-0.2, 0) is 23.3 Å². The molecule has 0 aliphatic carbocycles. The standard InChI is InChI=1S/C17H20N4O3S2/c22-12-16-18-14-4-1-2-5-15(14)21(16)13-19-7-9-20(10-8-19)26(23,24)17-6-3-11-25-17/h1-6,11,22H,7-10,12-13H2. The number of para-hydroxylation sites is 2. The maximum atomic E-state index is 12.6. The fraction of sp³-hybridized carbons (Fsp3) is 0.353. The van der Waals surface area contributed by atoms with Crippen molar-refractivity contribution < 1.29 is 13.5 Å². The van der Waals surface area contributed by atoms with Crippen molar-refractivity contribution in [2.24, 2.45) is 0 Å². The number of imidazole rings is 1. The number of sulfonamides is 1. The van der Waals surface area contributed by atoms with E-state index in [0.717, 1.165) is 11.0 Å².